The number of fused-ring (bicyclic) bond motifs is 2. The van der Waals surface area contributed by atoms with E-state index in [0.717, 1.165) is 42.9 Å². The molecule has 3 atom stereocenters. The topological polar surface area (TPSA) is 45.1 Å². The number of rotatable bonds is 5. The first-order valence-corrected chi connectivity index (χ1v) is 11.5. The largest absolute Gasteiger partial charge is 0.460 e. The lowest BCUT2D eigenvalue weighted by molar-refractivity contribution is -0.154. The Balaban J connectivity index is 1.56. The van der Waals surface area contributed by atoms with E-state index >= 15 is 0 Å². The van der Waals surface area contributed by atoms with Crippen molar-refractivity contribution in [3.05, 3.63) is 60.7 Å². The van der Waals surface area contributed by atoms with Gasteiger partial charge >= 0.3 is 5.97 Å². The number of anilines is 2. The van der Waals surface area contributed by atoms with Crippen molar-refractivity contribution in [2.24, 2.45) is 11.0 Å². The summed E-state index contributed by atoms with van der Waals surface area (Å²) in [6, 6.07) is 19.8. The number of halogens is 3. The van der Waals surface area contributed by atoms with Crippen LogP contribution in [0.15, 0.2) is 65.8 Å². The van der Waals surface area contributed by atoms with Gasteiger partial charge in [-0.15, -0.1) is 0 Å². The number of carbonyl (C=O) groups is 1. The Morgan fingerprint density at radius 3 is 2.23 bits per heavy atom. The van der Waals surface area contributed by atoms with E-state index in [2.05, 4.69) is 4.90 Å². The van der Waals surface area contributed by atoms with Gasteiger partial charge in [-0.25, -0.2) is 5.01 Å². The number of hydrazone groups is 1. The third kappa shape index (κ3) is 5.72. The molecule has 3 unspecified atom stereocenters. The summed E-state index contributed by atoms with van der Waals surface area (Å²) in [6.07, 6.45) is 2.73. The van der Waals surface area contributed by atoms with Gasteiger partial charge in [0.05, 0.1) is 17.1 Å². The van der Waals surface area contributed by atoms with Gasteiger partial charge in [0.15, 0.2) is 0 Å². The Bertz CT molecular complexity index is 863. The van der Waals surface area contributed by atoms with Crippen molar-refractivity contribution >= 4 is 57.9 Å². The van der Waals surface area contributed by atoms with Crippen molar-refractivity contribution in [2.45, 2.75) is 29.1 Å². The summed E-state index contributed by atoms with van der Waals surface area (Å²) < 4.78 is 3.71. The highest BCUT2D eigenvalue weighted by Crippen LogP contribution is 2.34. The molecule has 0 spiro atoms. The highest BCUT2D eigenvalue weighted by Gasteiger charge is 2.43. The van der Waals surface area contributed by atoms with Crippen LogP contribution < -0.4 is 5.01 Å². The molecule has 2 aromatic rings. The van der Waals surface area contributed by atoms with Crippen LogP contribution in [0.3, 0.4) is 0 Å². The summed E-state index contributed by atoms with van der Waals surface area (Å²) in [6.45, 7) is 1.18. The molecule has 0 aromatic heterocycles. The molecule has 2 bridgehead atoms. The van der Waals surface area contributed by atoms with Gasteiger partial charge in [-0.2, -0.15) is 5.10 Å². The summed E-state index contributed by atoms with van der Waals surface area (Å²) in [5, 5.41) is 7.00. The molecule has 0 saturated carbocycles. The second-order valence-electron chi connectivity index (χ2n) is 7.89. The molecule has 2 aromatic carbocycles. The molecule has 0 radical (unpaired) electrons. The summed E-state index contributed by atoms with van der Waals surface area (Å²) >= 11 is 17.2. The molecule has 5 nitrogen and oxygen atoms in total. The molecule has 0 aliphatic carbocycles. The van der Waals surface area contributed by atoms with Gasteiger partial charge in [0.1, 0.15) is 12.6 Å². The second kappa shape index (κ2) is 9.78. The number of hydrogen-bond acceptors (Lipinski definition) is 5. The van der Waals surface area contributed by atoms with Gasteiger partial charge in [0, 0.05) is 6.54 Å². The first-order chi connectivity index (χ1) is 14.9. The van der Waals surface area contributed by atoms with Gasteiger partial charge in [-0.3, -0.25) is 9.69 Å². The smallest absolute Gasteiger partial charge is 0.323 e. The normalized spacial score (nSPS) is 24.6. The first-order valence-electron chi connectivity index (χ1n) is 10.3. The fourth-order valence-electron chi connectivity index (χ4n) is 4.34. The van der Waals surface area contributed by atoms with Crippen molar-refractivity contribution < 1.29 is 9.53 Å². The van der Waals surface area contributed by atoms with Gasteiger partial charge < -0.3 is 4.74 Å². The maximum absolute atomic E-state index is 12.7. The Morgan fingerprint density at radius 1 is 1.06 bits per heavy atom. The Morgan fingerprint density at radius 2 is 1.68 bits per heavy atom. The van der Waals surface area contributed by atoms with Crippen LogP contribution in [0.1, 0.15) is 19.3 Å². The number of hydrogen-bond donors (Lipinski definition) is 0. The van der Waals surface area contributed by atoms with Crippen molar-refractivity contribution in [1.82, 2.24) is 4.90 Å². The number of alkyl halides is 3. The van der Waals surface area contributed by atoms with Gasteiger partial charge in [0.25, 0.3) is 0 Å². The maximum Gasteiger partial charge on any atom is 0.323 e. The molecule has 2 aliphatic heterocycles. The van der Waals surface area contributed by atoms with Gasteiger partial charge in [-0.05, 0) is 56.0 Å². The Hall–Kier alpha value is -1.79. The summed E-state index contributed by atoms with van der Waals surface area (Å²) in [5.74, 6) is -0.185. The number of piperidine rings is 2. The van der Waals surface area contributed by atoms with Crippen LogP contribution in [0, 0.1) is 5.92 Å². The van der Waals surface area contributed by atoms with Crippen LogP contribution in [0.25, 0.3) is 0 Å². The monoisotopic (exact) mass is 479 g/mol. The molecule has 2 fully saturated rings. The van der Waals surface area contributed by atoms with E-state index in [-0.39, 0.29) is 24.5 Å². The molecule has 2 saturated heterocycles. The first kappa shape index (κ1) is 22.4. The van der Waals surface area contributed by atoms with E-state index in [0.29, 0.717) is 6.54 Å². The third-order valence-corrected chi connectivity index (χ3v) is 5.93. The van der Waals surface area contributed by atoms with Crippen LogP contribution in [0.4, 0.5) is 11.4 Å². The minimum Gasteiger partial charge on any atom is -0.460 e. The number of carbonyl (C=O) groups excluding carboxylic acids is 1. The van der Waals surface area contributed by atoms with E-state index in [9.17, 15) is 4.79 Å². The summed E-state index contributed by atoms with van der Waals surface area (Å²) in [7, 11) is 0. The standard InChI is InChI=1S/C23H24Cl3N3O2/c24-23(25,26)16-31-22(30)21-17-8-7-13-28(21)15-18(14-17)27-29(19-9-3-1-4-10-19)20-11-5-2-6-12-20/h1-6,9-12,17,21H,7-8,13-16H2. The zero-order valence-electron chi connectivity index (χ0n) is 17.0. The van der Waals surface area contributed by atoms with Crippen LogP contribution in [0.2, 0.25) is 0 Å². The number of ether oxygens (including phenoxy) is 1. The van der Waals surface area contributed by atoms with E-state index in [1.54, 1.807) is 0 Å². The fourth-order valence-corrected chi connectivity index (χ4v) is 4.50. The van der Waals surface area contributed by atoms with Crippen LogP contribution >= 0.6 is 34.8 Å². The Labute approximate surface area is 197 Å². The second-order valence-corrected chi connectivity index (χ2v) is 10.4. The van der Waals surface area contributed by atoms with Gasteiger partial charge in [0.2, 0.25) is 3.79 Å². The average molecular weight is 481 g/mol. The molecule has 2 aliphatic rings. The number of nitrogens with zero attached hydrogens (tertiary/aromatic N) is 3. The summed E-state index contributed by atoms with van der Waals surface area (Å²) in [4.78, 5) is 14.9. The minimum absolute atomic E-state index is 0.137. The van der Waals surface area contributed by atoms with Crippen molar-refractivity contribution in [3.63, 3.8) is 0 Å². The van der Waals surface area contributed by atoms with Crippen molar-refractivity contribution in [1.29, 1.82) is 0 Å². The maximum atomic E-state index is 12.7. The number of para-hydroxylation sites is 2. The van der Waals surface area contributed by atoms with E-state index in [1.807, 2.05) is 65.7 Å². The zero-order chi connectivity index (χ0) is 21.8. The molecule has 0 amide bonds. The molecular weight excluding hydrogens is 457 g/mol. The SMILES string of the molecule is O=C(OCC(Cl)(Cl)Cl)C1C2CCCN1CC(=NN(c1ccccc1)c1ccccc1)C2. The molecule has 2 heterocycles. The van der Waals surface area contributed by atoms with Crippen molar-refractivity contribution in [3.8, 4) is 0 Å². The van der Waals surface area contributed by atoms with Crippen LogP contribution in [-0.2, 0) is 9.53 Å². The lowest BCUT2D eigenvalue weighted by atomic mass is 9.81. The predicted molar refractivity (Wildman–Crippen MR) is 126 cm³/mol. The quantitative estimate of drug-likeness (QED) is 0.318. The zero-order valence-corrected chi connectivity index (χ0v) is 19.2. The van der Waals surface area contributed by atoms with E-state index < -0.39 is 3.79 Å². The molecular formula is C23H24Cl3N3O2. The van der Waals surface area contributed by atoms with Crippen molar-refractivity contribution in [2.75, 3.05) is 24.7 Å². The Kier molecular flexibility index (Phi) is 7.07. The number of benzene rings is 2. The highest BCUT2D eigenvalue weighted by molar-refractivity contribution is 6.67. The minimum atomic E-state index is -1.60. The molecule has 31 heavy (non-hydrogen) atoms. The predicted octanol–water partition coefficient (Wildman–Crippen LogP) is 5.58. The molecule has 4 rings (SSSR count). The molecule has 164 valence electrons. The van der Waals surface area contributed by atoms with Gasteiger partial charge in [-0.1, -0.05) is 71.2 Å². The number of esters is 1. The van der Waals surface area contributed by atoms with Crippen LogP contribution in [-0.4, -0.2) is 46.1 Å². The third-order valence-electron chi connectivity index (χ3n) is 5.61. The van der Waals surface area contributed by atoms with Crippen LogP contribution in [0.5, 0.6) is 0 Å². The molecule has 8 heteroatoms. The fraction of sp³-hybridized carbons (Fsp3) is 0.391. The van der Waals surface area contributed by atoms with E-state index in [1.165, 1.54) is 0 Å². The summed E-state index contributed by atoms with van der Waals surface area (Å²) in [5.41, 5.74) is 3.03. The molecule has 0 N–H and O–H groups in total. The lowest BCUT2D eigenvalue weighted by Crippen LogP contribution is -2.57. The highest BCUT2D eigenvalue weighted by atomic mass is 35.6. The average Bonchev–Trinajstić information content (AvgIpc) is 2.76. The lowest BCUT2D eigenvalue weighted by Gasteiger charge is -2.44. The van der Waals surface area contributed by atoms with E-state index in [4.69, 9.17) is 44.6 Å².